The number of hydrogen-bond donors (Lipinski definition) is 0. The zero-order valence-electron chi connectivity index (χ0n) is 17.2. The van der Waals surface area contributed by atoms with Gasteiger partial charge >= 0.3 is 0 Å². The standard InChI is InChI=1S/C23H23ClN2O4S/c1-15-18-6-5-7-19(24)22(18)30-21(15)23(27)26-13-10-16-14-17(8-9-20(16)26)31(28,29)25-11-3-2-4-12-25/h5-9,14H,2-4,10-13H2,1H3. The molecular weight excluding hydrogens is 436 g/mol. The highest BCUT2D eigenvalue weighted by Gasteiger charge is 2.32. The predicted molar refractivity (Wildman–Crippen MR) is 120 cm³/mol. The number of benzene rings is 2. The molecule has 0 radical (unpaired) electrons. The first-order valence-electron chi connectivity index (χ1n) is 10.5. The van der Waals surface area contributed by atoms with E-state index < -0.39 is 10.0 Å². The fourth-order valence-electron chi connectivity index (χ4n) is 4.54. The van der Waals surface area contributed by atoms with Gasteiger partial charge < -0.3 is 9.32 Å². The number of nitrogens with zero attached hydrogens (tertiary/aromatic N) is 2. The van der Waals surface area contributed by atoms with Crippen molar-refractivity contribution in [3.63, 3.8) is 0 Å². The summed E-state index contributed by atoms with van der Waals surface area (Å²) in [6.07, 6.45) is 3.46. The van der Waals surface area contributed by atoms with Gasteiger partial charge in [-0.25, -0.2) is 8.42 Å². The van der Waals surface area contributed by atoms with Crippen LogP contribution in [0.15, 0.2) is 45.7 Å². The van der Waals surface area contributed by atoms with Crippen LogP contribution in [0, 0.1) is 6.92 Å². The van der Waals surface area contributed by atoms with Crippen LogP contribution in [-0.2, 0) is 16.4 Å². The van der Waals surface area contributed by atoms with Crippen LogP contribution in [0.1, 0.15) is 40.9 Å². The summed E-state index contributed by atoms with van der Waals surface area (Å²) >= 11 is 6.23. The van der Waals surface area contributed by atoms with Gasteiger partial charge in [-0.3, -0.25) is 4.79 Å². The number of anilines is 1. The lowest BCUT2D eigenvalue weighted by Gasteiger charge is -2.26. The maximum Gasteiger partial charge on any atom is 0.294 e. The third kappa shape index (κ3) is 3.35. The summed E-state index contributed by atoms with van der Waals surface area (Å²) in [5.74, 6) is 0.0242. The number of carbonyl (C=O) groups is 1. The van der Waals surface area contributed by atoms with Gasteiger partial charge in [0.2, 0.25) is 10.0 Å². The predicted octanol–water partition coefficient (Wildman–Crippen LogP) is 4.77. The Kier molecular flexibility index (Phi) is 5.07. The lowest BCUT2D eigenvalue weighted by atomic mass is 10.1. The molecule has 0 unspecified atom stereocenters. The molecule has 1 saturated heterocycles. The molecule has 0 atom stereocenters. The van der Waals surface area contributed by atoms with Gasteiger partial charge in [-0.05, 0) is 56.0 Å². The third-order valence-corrected chi connectivity index (χ3v) is 8.45. The molecule has 0 aliphatic carbocycles. The molecular formula is C23H23ClN2O4S. The third-order valence-electron chi connectivity index (χ3n) is 6.25. The van der Waals surface area contributed by atoms with Crippen molar-refractivity contribution < 1.29 is 17.6 Å². The number of halogens is 1. The Labute approximate surface area is 186 Å². The average molecular weight is 459 g/mol. The maximum absolute atomic E-state index is 13.3. The first-order chi connectivity index (χ1) is 14.9. The number of rotatable bonds is 3. The Morgan fingerprint density at radius 2 is 1.84 bits per heavy atom. The topological polar surface area (TPSA) is 70.8 Å². The first-order valence-corrected chi connectivity index (χ1v) is 12.3. The number of furan rings is 1. The van der Waals surface area contributed by atoms with Gasteiger partial charge in [0.05, 0.1) is 9.92 Å². The summed E-state index contributed by atoms with van der Waals surface area (Å²) in [7, 11) is -3.51. The van der Waals surface area contributed by atoms with E-state index in [1.807, 2.05) is 19.1 Å². The van der Waals surface area contributed by atoms with Crippen LogP contribution in [0.4, 0.5) is 5.69 Å². The summed E-state index contributed by atoms with van der Waals surface area (Å²) in [4.78, 5) is 15.3. The molecule has 3 aromatic rings. The highest BCUT2D eigenvalue weighted by Crippen LogP contribution is 2.36. The Balaban J connectivity index is 1.47. The van der Waals surface area contributed by atoms with Crippen LogP contribution < -0.4 is 4.90 Å². The van der Waals surface area contributed by atoms with Gasteiger partial charge in [0.25, 0.3) is 5.91 Å². The van der Waals surface area contributed by atoms with E-state index in [9.17, 15) is 13.2 Å². The second-order valence-corrected chi connectivity index (χ2v) is 10.5. The molecule has 0 spiro atoms. The lowest BCUT2D eigenvalue weighted by molar-refractivity contribution is 0.0964. The van der Waals surface area contributed by atoms with Crippen LogP contribution >= 0.6 is 11.6 Å². The minimum atomic E-state index is -3.51. The van der Waals surface area contributed by atoms with Crippen molar-refractivity contribution in [3.05, 3.63) is 58.3 Å². The van der Waals surface area contributed by atoms with Gasteiger partial charge in [0, 0.05) is 36.3 Å². The van der Waals surface area contributed by atoms with Gasteiger partial charge in [0.15, 0.2) is 11.3 Å². The molecule has 31 heavy (non-hydrogen) atoms. The number of amides is 1. The molecule has 2 aliphatic heterocycles. The van der Waals surface area contributed by atoms with Crippen LogP contribution in [0.25, 0.3) is 11.0 Å². The van der Waals surface area contributed by atoms with Crippen molar-refractivity contribution >= 4 is 44.2 Å². The summed E-state index contributed by atoms with van der Waals surface area (Å²) in [5, 5.41) is 1.28. The summed E-state index contributed by atoms with van der Waals surface area (Å²) in [5.41, 5.74) is 2.85. The summed E-state index contributed by atoms with van der Waals surface area (Å²) < 4.78 is 33.5. The first kappa shape index (κ1) is 20.5. The molecule has 1 amide bonds. The van der Waals surface area contributed by atoms with Crippen LogP contribution in [0.2, 0.25) is 5.02 Å². The highest BCUT2D eigenvalue weighted by atomic mass is 35.5. The fourth-order valence-corrected chi connectivity index (χ4v) is 6.32. The van der Waals surface area contributed by atoms with Gasteiger partial charge in [0.1, 0.15) is 0 Å². The Morgan fingerprint density at radius 1 is 1.06 bits per heavy atom. The largest absolute Gasteiger partial charge is 0.449 e. The Hall–Kier alpha value is -2.35. The number of hydrogen-bond acceptors (Lipinski definition) is 4. The molecule has 0 bridgehead atoms. The molecule has 1 fully saturated rings. The minimum absolute atomic E-state index is 0.241. The second kappa shape index (κ2) is 7.65. The molecule has 8 heteroatoms. The van der Waals surface area contributed by atoms with E-state index >= 15 is 0 Å². The van der Waals surface area contributed by atoms with E-state index in [4.69, 9.17) is 16.0 Å². The number of carbonyl (C=O) groups excluding carboxylic acids is 1. The Morgan fingerprint density at radius 3 is 2.58 bits per heavy atom. The normalized spacial score (nSPS) is 17.3. The van der Waals surface area contributed by atoms with Crippen molar-refractivity contribution in [2.75, 3.05) is 24.5 Å². The number of aryl methyl sites for hydroxylation is 1. The van der Waals surface area contributed by atoms with E-state index in [1.165, 1.54) is 0 Å². The second-order valence-electron chi connectivity index (χ2n) is 8.13. The average Bonchev–Trinajstić information content (AvgIpc) is 3.36. The van der Waals surface area contributed by atoms with E-state index in [-0.39, 0.29) is 11.7 Å². The molecule has 0 N–H and O–H groups in total. The van der Waals surface area contributed by atoms with Gasteiger partial charge in [-0.15, -0.1) is 0 Å². The van der Waals surface area contributed by atoms with Crippen molar-refractivity contribution in [2.45, 2.75) is 37.5 Å². The lowest BCUT2D eigenvalue weighted by Crippen LogP contribution is -2.35. The molecule has 2 aliphatic rings. The number of piperidine rings is 1. The quantitative estimate of drug-likeness (QED) is 0.566. The van der Waals surface area contributed by atoms with Crippen LogP contribution in [-0.4, -0.2) is 38.3 Å². The monoisotopic (exact) mass is 458 g/mol. The SMILES string of the molecule is Cc1c(C(=O)N2CCc3cc(S(=O)(=O)N4CCCCC4)ccc32)oc2c(Cl)cccc12. The minimum Gasteiger partial charge on any atom is -0.449 e. The molecule has 0 saturated carbocycles. The molecule has 5 rings (SSSR count). The molecule has 162 valence electrons. The van der Waals surface area contributed by atoms with Gasteiger partial charge in [-0.2, -0.15) is 4.31 Å². The molecule has 2 aromatic carbocycles. The fraction of sp³-hybridized carbons (Fsp3) is 0.348. The Bertz CT molecular complexity index is 1290. The zero-order chi connectivity index (χ0) is 21.8. The maximum atomic E-state index is 13.3. The number of fused-ring (bicyclic) bond motifs is 2. The van der Waals surface area contributed by atoms with E-state index in [2.05, 4.69) is 0 Å². The zero-order valence-corrected chi connectivity index (χ0v) is 18.8. The van der Waals surface area contributed by atoms with E-state index in [0.29, 0.717) is 41.6 Å². The summed E-state index contributed by atoms with van der Waals surface area (Å²) in [6, 6.07) is 10.5. The van der Waals surface area contributed by atoms with Crippen molar-refractivity contribution in [1.29, 1.82) is 0 Å². The summed E-state index contributed by atoms with van der Waals surface area (Å²) in [6.45, 7) is 3.46. The van der Waals surface area contributed by atoms with Crippen molar-refractivity contribution in [1.82, 2.24) is 4.31 Å². The van der Waals surface area contributed by atoms with E-state index in [1.54, 1.807) is 33.5 Å². The van der Waals surface area contributed by atoms with E-state index in [0.717, 1.165) is 41.5 Å². The van der Waals surface area contributed by atoms with Crippen LogP contribution in [0.5, 0.6) is 0 Å². The van der Waals surface area contributed by atoms with Crippen molar-refractivity contribution in [3.8, 4) is 0 Å². The van der Waals surface area contributed by atoms with Crippen LogP contribution in [0.3, 0.4) is 0 Å². The molecule has 6 nitrogen and oxygen atoms in total. The number of para-hydroxylation sites is 1. The highest BCUT2D eigenvalue weighted by molar-refractivity contribution is 7.89. The van der Waals surface area contributed by atoms with Crippen molar-refractivity contribution in [2.24, 2.45) is 0 Å². The molecule has 3 heterocycles. The molecule has 1 aromatic heterocycles. The smallest absolute Gasteiger partial charge is 0.294 e. The number of sulfonamides is 1. The van der Waals surface area contributed by atoms with Gasteiger partial charge in [-0.1, -0.05) is 30.2 Å².